The van der Waals surface area contributed by atoms with Crippen LogP contribution in [0.2, 0.25) is 0 Å². The number of rotatable bonds is 6. The monoisotopic (exact) mass is 176 g/mol. The minimum atomic E-state index is -0.893. The van der Waals surface area contributed by atoms with Gasteiger partial charge in [-0.3, -0.25) is 0 Å². The molecule has 0 saturated heterocycles. The Morgan fingerprint density at radius 2 is 1.73 bits per heavy atom. The summed E-state index contributed by atoms with van der Waals surface area (Å²) >= 11 is 0. The summed E-state index contributed by atoms with van der Waals surface area (Å²) in [6, 6.07) is 0. The van der Waals surface area contributed by atoms with Crippen LogP contribution >= 0.6 is 0 Å². The highest BCUT2D eigenvalue weighted by atomic mass is 32.2. The Bertz CT molecular complexity index is 109. The first kappa shape index (κ1) is 10.8. The molecule has 0 bridgehead atoms. The molecule has 0 saturated carbocycles. The molecule has 2 nitrogen and oxygen atoms in total. The Balaban J connectivity index is 3.59. The van der Waals surface area contributed by atoms with Gasteiger partial charge in [0, 0.05) is 0 Å². The van der Waals surface area contributed by atoms with E-state index in [1.807, 2.05) is 0 Å². The van der Waals surface area contributed by atoms with Crippen LogP contribution < -0.4 is 5.11 Å². The van der Waals surface area contributed by atoms with E-state index in [1.165, 1.54) is 0 Å². The number of carboxylic acids is 1. The number of carbonyl (C=O) groups excluding carboxylic acids is 1. The summed E-state index contributed by atoms with van der Waals surface area (Å²) in [5, 5.41) is 10.3. The van der Waals surface area contributed by atoms with E-state index < -0.39 is 5.97 Å². The SMILES string of the molecule is CCC[S+](CCC)CC(=O)[O-]. The van der Waals surface area contributed by atoms with E-state index in [1.54, 1.807) is 0 Å². The second-order valence-electron chi connectivity index (χ2n) is 2.54. The minimum Gasteiger partial charge on any atom is -0.545 e. The molecule has 0 atom stereocenters. The second-order valence-corrected chi connectivity index (χ2v) is 4.87. The van der Waals surface area contributed by atoms with E-state index in [9.17, 15) is 9.90 Å². The first-order chi connectivity index (χ1) is 5.20. The molecule has 0 aliphatic carbocycles. The molecule has 0 aromatic heterocycles. The predicted octanol–water partition coefficient (Wildman–Crippen LogP) is 0.175. The number of hydrogen-bond acceptors (Lipinski definition) is 2. The van der Waals surface area contributed by atoms with Gasteiger partial charge in [0.1, 0.15) is 17.3 Å². The van der Waals surface area contributed by atoms with Crippen LogP contribution in [0, 0.1) is 0 Å². The zero-order valence-corrected chi connectivity index (χ0v) is 8.08. The van der Waals surface area contributed by atoms with E-state index in [2.05, 4.69) is 13.8 Å². The molecular formula is C8H16O2S. The van der Waals surface area contributed by atoms with Gasteiger partial charge in [0.25, 0.3) is 0 Å². The molecule has 0 rings (SSSR count). The summed E-state index contributed by atoms with van der Waals surface area (Å²) in [4.78, 5) is 10.3. The molecular weight excluding hydrogens is 160 g/mol. The van der Waals surface area contributed by atoms with Gasteiger partial charge in [0.2, 0.25) is 0 Å². The van der Waals surface area contributed by atoms with Gasteiger partial charge in [-0.15, -0.1) is 0 Å². The molecule has 66 valence electrons. The van der Waals surface area contributed by atoms with Crippen LogP contribution in [0.4, 0.5) is 0 Å². The van der Waals surface area contributed by atoms with Crippen molar-refractivity contribution in [2.45, 2.75) is 26.7 Å². The van der Waals surface area contributed by atoms with Crippen molar-refractivity contribution in [3.63, 3.8) is 0 Å². The molecule has 0 aromatic carbocycles. The Labute approximate surface area is 71.3 Å². The van der Waals surface area contributed by atoms with Crippen molar-refractivity contribution >= 4 is 16.9 Å². The lowest BCUT2D eigenvalue weighted by Crippen LogP contribution is -2.33. The van der Waals surface area contributed by atoms with Crippen LogP contribution in [0.25, 0.3) is 0 Å². The van der Waals surface area contributed by atoms with E-state index in [-0.39, 0.29) is 16.6 Å². The van der Waals surface area contributed by atoms with E-state index >= 15 is 0 Å². The molecule has 11 heavy (non-hydrogen) atoms. The molecule has 0 fully saturated rings. The molecule has 0 heterocycles. The van der Waals surface area contributed by atoms with Crippen LogP contribution in [-0.2, 0) is 15.7 Å². The average molecular weight is 176 g/mol. The summed E-state index contributed by atoms with van der Waals surface area (Å²) in [6.07, 6.45) is 2.16. The van der Waals surface area contributed by atoms with Crippen LogP contribution in [0.15, 0.2) is 0 Å². The van der Waals surface area contributed by atoms with Crippen molar-refractivity contribution in [1.29, 1.82) is 0 Å². The standard InChI is InChI=1S/C8H16O2S/c1-3-5-11(6-4-2)7-8(9)10/h3-7H2,1-2H3. The Hall–Kier alpha value is -0.180. The zero-order chi connectivity index (χ0) is 8.69. The van der Waals surface area contributed by atoms with Crippen molar-refractivity contribution < 1.29 is 9.90 Å². The first-order valence-electron chi connectivity index (χ1n) is 4.04. The molecule has 0 N–H and O–H groups in total. The third-order valence-corrected chi connectivity index (χ3v) is 3.92. The Morgan fingerprint density at radius 3 is 2.00 bits per heavy atom. The lowest BCUT2D eigenvalue weighted by Gasteiger charge is -2.06. The molecule has 0 aliphatic heterocycles. The van der Waals surface area contributed by atoms with Gasteiger partial charge < -0.3 is 9.90 Å². The van der Waals surface area contributed by atoms with Gasteiger partial charge in [-0.2, -0.15) is 0 Å². The predicted molar refractivity (Wildman–Crippen MR) is 47.6 cm³/mol. The van der Waals surface area contributed by atoms with Crippen molar-refractivity contribution in [1.82, 2.24) is 0 Å². The fraction of sp³-hybridized carbons (Fsp3) is 0.875. The molecule has 0 radical (unpaired) electrons. The highest BCUT2D eigenvalue weighted by Crippen LogP contribution is 2.00. The third kappa shape index (κ3) is 6.23. The molecule has 0 unspecified atom stereocenters. The van der Waals surface area contributed by atoms with Gasteiger partial charge in [0.05, 0.1) is 5.97 Å². The van der Waals surface area contributed by atoms with Crippen LogP contribution in [0.1, 0.15) is 26.7 Å². The maximum Gasteiger partial charge on any atom is 0.147 e. The van der Waals surface area contributed by atoms with Gasteiger partial charge >= 0.3 is 0 Å². The minimum absolute atomic E-state index is 0.0833. The zero-order valence-electron chi connectivity index (χ0n) is 7.26. The van der Waals surface area contributed by atoms with Gasteiger partial charge in [-0.1, -0.05) is 13.8 Å². The topological polar surface area (TPSA) is 40.1 Å². The fourth-order valence-electron chi connectivity index (χ4n) is 0.990. The number of hydrogen-bond donors (Lipinski definition) is 0. The summed E-state index contributed by atoms with van der Waals surface area (Å²) in [5.41, 5.74) is 0. The van der Waals surface area contributed by atoms with Crippen molar-refractivity contribution in [3.05, 3.63) is 0 Å². The lowest BCUT2D eigenvalue weighted by atomic mass is 10.6. The smallest absolute Gasteiger partial charge is 0.147 e. The molecule has 0 amide bonds. The van der Waals surface area contributed by atoms with E-state index in [0.29, 0.717) is 0 Å². The summed E-state index contributed by atoms with van der Waals surface area (Å²) in [7, 11) is 0.0833. The lowest BCUT2D eigenvalue weighted by molar-refractivity contribution is -0.301. The summed E-state index contributed by atoms with van der Waals surface area (Å²) in [5.74, 6) is 1.46. The number of carboxylic acid groups (broad SMARTS) is 1. The normalized spacial score (nSPS) is 10.5. The maximum absolute atomic E-state index is 10.3. The summed E-state index contributed by atoms with van der Waals surface area (Å²) < 4.78 is 0. The summed E-state index contributed by atoms with van der Waals surface area (Å²) in [6.45, 7) is 4.18. The molecule has 0 aromatic rings. The van der Waals surface area contributed by atoms with E-state index in [0.717, 1.165) is 24.3 Å². The first-order valence-corrected chi connectivity index (χ1v) is 5.77. The van der Waals surface area contributed by atoms with Gasteiger partial charge in [-0.05, 0) is 23.7 Å². The van der Waals surface area contributed by atoms with Crippen molar-refractivity contribution in [2.75, 3.05) is 17.3 Å². The highest BCUT2D eigenvalue weighted by Gasteiger charge is 2.14. The number of aliphatic carboxylic acids is 1. The molecule has 0 spiro atoms. The Morgan fingerprint density at radius 1 is 1.27 bits per heavy atom. The molecule has 3 heteroatoms. The fourth-order valence-corrected chi connectivity index (χ4v) is 2.97. The highest BCUT2D eigenvalue weighted by molar-refractivity contribution is 7.97. The van der Waals surface area contributed by atoms with Crippen molar-refractivity contribution in [3.8, 4) is 0 Å². The van der Waals surface area contributed by atoms with Gasteiger partial charge in [0.15, 0.2) is 0 Å². The van der Waals surface area contributed by atoms with Crippen LogP contribution in [-0.4, -0.2) is 23.2 Å². The number of carbonyl (C=O) groups is 1. The van der Waals surface area contributed by atoms with Crippen LogP contribution in [0.5, 0.6) is 0 Å². The average Bonchev–Trinajstić information content (AvgIpc) is 1.87. The van der Waals surface area contributed by atoms with Gasteiger partial charge in [-0.25, -0.2) is 0 Å². The van der Waals surface area contributed by atoms with Crippen LogP contribution in [0.3, 0.4) is 0 Å². The second kappa shape index (κ2) is 6.53. The maximum atomic E-state index is 10.3. The largest absolute Gasteiger partial charge is 0.545 e. The van der Waals surface area contributed by atoms with E-state index in [4.69, 9.17) is 0 Å². The Kier molecular flexibility index (Phi) is 6.42. The van der Waals surface area contributed by atoms with Crippen molar-refractivity contribution in [2.24, 2.45) is 0 Å². The molecule has 0 aliphatic rings. The third-order valence-electron chi connectivity index (χ3n) is 1.31. The quantitative estimate of drug-likeness (QED) is 0.541.